The molecule has 0 spiro atoms. The molecule has 0 saturated carbocycles. The van der Waals surface area contributed by atoms with Crippen LogP contribution in [0.1, 0.15) is 53.7 Å². The highest BCUT2D eigenvalue weighted by molar-refractivity contribution is 7.98. The lowest BCUT2D eigenvalue weighted by atomic mass is 9.82. The Labute approximate surface area is 257 Å². The molecule has 1 saturated heterocycles. The molecule has 0 bridgehead atoms. The Bertz CT molecular complexity index is 1440. The van der Waals surface area contributed by atoms with Crippen LogP contribution in [0.15, 0.2) is 65.6 Å². The van der Waals surface area contributed by atoms with Crippen LogP contribution in [0, 0.1) is 19.8 Å². The number of rotatable bonds is 10. The number of thioether (sulfide) groups is 1. The van der Waals surface area contributed by atoms with Gasteiger partial charge < -0.3 is 23.8 Å². The molecule has 0 aliphatic carbocycles. The molecule has 8 nitrogen and oxygen atoms in total. The average molecular weight is 606 g/mol. The molecule has 1 heterocycles. The molecule has 9 heteroatoms. The summed E-state index contributed by atoms with van der Waals surface area (Å²) in [6, 6.07) is 18.3. The average Bonchev–Trinajstić information content (AvgIpc) is 3.45. The summed E-state index contributed by atoms with van der Waals surface area (Å²) in [6.45, 7) is 9.72. The van der Waals surface area contributed by atoms with E-state index in [4.69, 9.17) is 18.9 Å². The summed E-state index contributed by atoms with van der Waals surface area (Å²) in [5, 5.41) is 0. The molecule has 1 fully saturated rings. The molecule has 1 amide bonds. The first-order valence-corrected chi connectivity index (χ1v) is 15.5. The van der Waals surface area contributed by atoms with Crippen molar-refractivity contribution in [3.63, 3.8) is 0 Å². The van der Waals surface area contributed by atoms with E-state index >= 15 is 0 Å². The first-order chi connectivity index (χ1) is 20.5. The lowest BCUT2D eigenvalue weighted by Gasteiger charge is -2.27. The van der Waals surface area contributed by atoms with Crippen LogP contribution in [-0.4, -0.2) is 61.4 Å². The molecule has 2 atom stereocenters. The van der Waals surface area contributed by atoms with Gasteiger partial charge in [-0.25, -0.2) is 9.59 Å². The molecule has 1 aliphatic rings. The van der Waals surface area contributed by atoms with E-state index in [1.165, 1.54) is 0 Å². The van der Waals surface area contributed by atoms with E-state index in [2.05, 4.69) is 0 Å². The Kier molecular flexibility index (Phi) is 10.1. The number of carbonyl (C=O) groups is 3. The van der Waals surface area contributed by atoms with Gasteiger partial charge in [0.1, 0.15) is 17.2 Å². The van der Waals surface area contributed by atoms with Crippen LogP contribution in [0.25, 0.3) is 0 Å². The van der Waals surface area contributed by atoms with Crippen LogP contribution in [0.3, 0.4) is 0 Å². The number of hydrogen-bond donors (Lipinski definition) is 0. The minimum Gasteiger partial charge on any atom is -0.497 e. The van der Waals surface area contributed by atoms with E-state index in [1.54, 1.807) is 68.8 Å². The fourth-order valence-corrected chi connectivity index (χ4v) is 5.70. The Morgan fingerprint density at radius 2 is 1.53 bits per heavy atom. The zero-order chi connectivity index (χ0) is 31.3. The minimum atomic E-state index is -1.18. The fraction of sp³-hybridized carbons (Fsp3) is 0.382. The molecule has 2 unspecified atom stereocenters. The second-order valence-corrected chi connectivity index (χ2v) is 12.0. The largest absolute Gasteiger partial charge is 0.497 e. The Balaban J connectivity index is 1.64. The van der Waals surface area contributed by atoms with Crippen molar-refractivity contribution in [3.05, 3.63) is 82.9 Å². The minimum absolute atomic E-state index is 0.0310. The predicted octanol–water partition coefficient (Wildman–Crippen LogP) is 6.85. The zero-order valence-electron chi connectivity index (χ0n) is 25.8. The van der Waals surface area contributed by atoms with Gasteiger partial charge in [0.25, 0.3) is 0 Å². The summed E-state index contributed by atoms with van der Waals surface area (Å²) in [7, 11) is 1.57. The number of aryl methyl sites for hydroxylation is 2. The van der Waals surface area contributed by atoms with E-state index in [0.29, 0.717) is 29.4 Å². The molecule has 43 heavy (non-hydrogen) atoms. The van der Waals surface area contributed by atoms with Gasteiger partial charge in [-0.2, -0.15) is 0 Å². The summed E-state index contributed by atoms with van der Waals surface area (Å²) in [5.74, 6) is 0.399. The van der Waals surface area contributed by atoms with Crippen molar-refractivity contribution in [1.29, 1.82) is 0 Å². The van der Waals surface area contributed by atoms with E-state index in [0.717, 1.165) is 21.6 Å². The van der Waals surface area contributed by atoms with Crippen molar-refractivity contribution >= 4 is 29.6 Å². The molecule has 4 rings (SSSR count). The van der Waals surface area contributed by atoms with E-state index in [-0.39, 0.29) is 24.9 Å². The number of benzene rings is 3. The van der Waals surface area contributed by atoms with Gasteiger partial charge in [0, 0.05) is 35.4 Å². The molecule has 0 radical (unpaired) electrons. The van der Waals surface area contributed by atoms with Crippen molar-refractivity contribution in [1.82, 2.24) is 4.90 Å². The molecule has 3 aromatic rings. The van der Waals surface area contributed by atoms with Crippen molar-refractivity contribution in [2.45, 2.75) is 51.0 Å². The molecular formula is C34H39NO7S. The third-order valence-corrected chi connectivity index (χ3v) is 8.33. The number of likely N-dealkylation sites (tertiary alicyclic amines) is 1. The Morgan fingerprint density at radius 3 is 2.09 bits per heavy atom. The smallest absolute Gasteiger partial charge is 0.415 e. The topological polar surface area (TPSA) is 91.4 Å². The summed E-state index contributed by atoms with van der Waals surface area (Å²) in [4.78, 5) is 42.3. The molecular weight excluding hydrogens is 566 g/mol. The normalized spacial score (nSPS) is 16.5. The quantitative estimate of drug-likeness (QED) is 0.141. The second kappa shape index (κ2) is 13.5. The number of ketones is 1. The summed E-state index contributed by atoms with van der Waals surface area (Å²) < 4.78 is 22.2. The number of ether oxygens (including phenoxy) is 4. The SMILES string of the molecule is CCOC(=O)C(C)(C)Oc1c(C)cc(C2CN(C(=O)Oc3ccc(OC)cc3)CC2C(=O)c2ccc(SC)cc2)cc1C. The second-order valence-electron chi connectivity index (χ2n) is 11.1. The van der Waals surface area contributed by atoms with E-state index in [9.17, 15) is 14.4 Å². The summed E-state index contributed by atoms with van der Waals surface area (Å²) in [6.07, 6.45) is 1.47. The van der Waals surface area contributed by atoms with Crippen LogP contribution < -0.4 is 14.2 Å². The first kappa shape index (κ1) is 31.9. The predicted molar refractivity (Wildman–Crippen MR) is 167 cm³/mol. The van der Waals surface area contributed by atoms with Gasteiger partial charge >= 0.3 is 12.1 Å². The van der Waals surface area contributed by atoms with Crippen LogP contribution in [-0.2, 0) is 9.53 Å². The van der Waals surface area contributed by atoms with Gasteiger partial charge in [-0.15, -0.1) is 11.8 Å². The Morgan fingerprint density at radius 1 is 0.930 bits per heavy atom. The molecule has 0 aromatic heterocycles. The van der Waals surface area contributed by atoms with Crippen molar-refractivity contribution in [2.75, 3.05) is 33.1 Å². The lowest BCUT2D eigenvalue weighted by molar-refractivity contribution is -0.158. The molecule has 3 aromatic carbocycles. The van der Waals surface area contributed by atoms with E-state index in [1.807, 2.05) is 56.5 Å². The molecule has 1 aliphatic heterocycles. The monoisotopic (exact) mass is 605 g/mol. The standard InChI is InChI=1S/C34H39NO7S/c1-8-40-32(37)34(4,5)42-31-21(2)17-24(18-22(31)3)28-19-35(33(38)41-26-13-11-25(39-6)12-14-26)20-29(28)30(36)23-9-15-27(43-7)16-10-23/h9-18,28-29H,8,19-20H2,1-7H3. The molecule has 0 N–H and O–H groups in total. The number of esters is 1. The number of hydrogen-bond acceptors (Lipinski definition) is 8. The van der Waals surface area contributed by atoms with Gasteiger partial charge in [0.15, 0.2) is 11.4 Å². The molecule has 228 valence electrons. The Hall–Kier alpha value is -3.98. The van der Waals surface area contributed by atoms with Crippen molar-refractivity contribution in [3.8, 4) is 17.2 Å². The maximum Gasteiger partial charge on any atom is 0.415 e. The van der Waals surface area contributed by atoms with Crippen LogP contribution in [0.4, 0.5) is 4.79 Å². The number of nitrogens with zero attached hydrogens (tertiary/aromatic N) is 1. The third kappa shape index (κ3) is 7.33. The number of methoxy groups -OCH3 is 1. The first-order valence-electron chi connectivity index (χ1n) is 14.2. The number of amides is 1. The highest BCUT2D eigenvalue weighted by Gasteiger charge is 2.42. The fourth-order valence-electron chi connectivity index (χ4n) is 5.30. The van der Waals surface area contributed by atoms with Gasteiger partial charge in [-0.1, -0.05) is 24.3 Å². The highest BCUT2D eigenvalue weighted by atomic mass is 32.2. The zero-order valence-corrected chi connectivity index (χ0v) is 26.6. The van der Waals surface area contributed by atoms with Gasteiger partial charge in [-0.05, 0) is 94.0 Å². The third-order valence-electron chi connectivity index (χ3n) is 7.59. The van der Waals surface area contributed by atoms with Gasteiger partial charge in [0.05, 0.1) is 13.7 Å². The lowest BCUT2D eigenvalue weighted by Crippen LogP contribution is -2.40. The van der Waals surface area contributed by atoms with E-state index < -0.39 is 23.6 Å². The van der Waals surface area contributed by atoms with Crippen LogP contribution in [0.2, 0.25) is 0 Å². The summed E-state index contributed by atoms with van der Waals surface area (Å²) in [5.41, 5.74) is 1.98. The van der Waals surface area contributed by atoms with Gasteiger partial charge in [-0.3, -0.25) is 4.79 Å². The van der Waals surface area contributed by atoms with Gasteiger partial charge in [0.2, 0.25) is 0 Å². The number of Topliss-reactive ketones (excluding diaryl/α,β-unsaturated/α-hetero) is 1. The maximum absolute atomic E-state index is 13.9. The number of carbonyl (C=O) groups excluding carboxylic acids is 3. The van der Waals surface area contributed by atoms with Crippen molar-refractivity contribution < 1.29 is 33.3 Å². The van der Waals surface area contributed by atoms with Crippen LogP contribution in [0.5, 0.6) is 17.2 Å². The van der Waals surface area contributed by atoms with Crippen molar-refractivity contribution in [2.24, 2.45) is 5.92 Å². The van der Waals surface area contributed by atoms with Crippen LogP contribution >= 0.6 is 11.8 Å². The highest BCUT2D eigenvalue weighted by Crippen LogP contribution is 2.39. The maximum atomic E-state index is 13.9. The summed E-state index contributed by atoms with van der Waals surface area (Å²) >= 11 is 1.61.